The minimum atomic E-state index is -0.484. The highest BCUT2D eigenvalue weighted by molar-refractivity contribution is 5.43. The van der Waals surface area contributed by atoms with Crippen molar-refractivity contribution in [2.75, 3.05) is 6.61 Å². The topological polar surface area (TPSA) is 51.6 Å². The first-order valence-corrected chi connectivity index (χ1v) is 5.63. The van der Waals surface area contributed by atoms with Crippen molar-refractivity contribution in [3.8, 4) is 5.75 Å². The number of pyridine rings is 1. The second-order valence-corrected chi connectivity index (χ2v) is 4.39. The van der Waals surface area contributed by atoms with Crippen LogP contribution in [-0.4, -0.2) is 16.7 Å². The number of aryl methyl sites for hydroxylation is 1. The lowest BCUT2D eigenvalue weighted by Gasteiger charge is -2.13. The molecule has 0 aliphatic carbocycles. The van der Waals surface area contributed by atoms with Crippen LogP contribution in [0.15, 0.2) is 17.8 Å². The van der Waals surface area contributed by atoms with Crippen LogP contribution in [-0.2, 0) is 16.1 Å². The van der Waals surface area contributed by atoms with Gasteiger partial charge in [0, 0.05) is 11.8 Å². The second-order valence-electron chi connectivity index (χ2n) is 4.39. The highest BCUT2D eigenvalue weighted by Gasteiger charge is 2.28. The molecule has 0 saturated heterocycles. The molecule has 17 heavy (non-hydrogen) atoms. The van der Waals surface area contributed by atoms with Crippen LogP contribution in [0.3, 0.4) is 0 Å². The third-order valence-electron chi connectivity index (χ3n) is 2.72. The molecular formula is C13H17NO3. The zero-order valence-electron chi connectivity index (χ0n) is 10.4. The minimum Gasteiger partial charge on any atom is -0.506 e. The maximum atomic E-state index is 9.96. The summed E-state index contributed by atoms with van der Waals surface area (Å²) in [5, 5.41) is 9.96. The van der Waals surface area contributed by atoms with E-state index in [1.54, 1.807) is 13.1 Å². The van der Waals surface area contributed by atoms with Crippen LogP contribution < -0.4 is 0 Å². The van der Waals surface area contributed by atoms with E-state index in [9.17, 15) is 5.11 Å². The number of rotatable bonds is 3. The Bertz CT molecular complexity index is 450. The summed E-state index contributed by atoms with van der Waals surface area (Å²) < 4.78 is 11.1. The van der Waals surface area contributed by atoms with E-state index in [0.717, 1.165) is 11.1 Å². The first-order valence-electron chi connectivity index (χ1n) is 5.63. The van der Waals surface area contributed by atoms with Crippen LogP contribution in [0, 0.1) is 6.92 Å². The van der Waals surface area contributed by atoms with Crippen LogP contribution in [0.2, 0.25) is 0 Å². The molecule has 1 aromatic heterocycles. The number of hydrogen-bond acceptors (Lipinski definition) is 4. The number of hydrogen-bond donors (Lipinski definition) is 1. The van der Waals surface area contributed by atoms with E-state index in [0.29, 0.717) is 18.9 Å². The lowest BCUT2D eigenvalue weighted by molar-refractivity contribution is -0.130. The van der Waals surface area contributed by atoms with Gasteiger partial charge in [-0.25, -0.2) is 0 Å². The number of aromatic nitrogens is 1. The molecule has 0 bridgehead atoms. The van der Waals surface area contributed by atoms with Crippen molar-refractivity contribution in [3.05, 3.63) is 34.7 Å². The lowest BCUT2D eigenvalue weighted by Crippen LogP contribution is -2.03. The van der Waals surface area contributed by atoms with Crippen molar-refractivity contribution < 1.29 is 14.6 Å². The van der Waals surface area contributed by atoms with E-state index >= 15 is 0 Å². The fraction of sp³-hybridized carbons (Fsp3) is 0.462. The van der Waals surface area contributed by atoms with E-state index in [4.69, 9.17) is 9.47 Å². The summed E-state index contributed by atoms with van der Waals surface area (Å²) in [7, 11) is 0. The largest absolute Gasteiger partial charge is 0.506 e. The highest BCUT2D eigenvalue weighted by atomic mass is 16.7. The fourth-order valence-electron chi connectivity index (χ4n) is 1.71. The molecule has 92 valence electrons. The monoisotopic (exact) mass is 235 g/mol. The predicted molar refractivity (Wildman–Crippen MR) is 63.6 cm³/mol. The molecular weight excluding hydrogens is 218 g/mol. The van der Waals surface area contributed by atoms with Gasteiger partial charge in [-0.2, -0.15) is 0 Å². The molecule has 0 aromatic carbocycles. The van der Waals surface area contributed by atoms with E-state index in [1.165, 1.54) is 5.57 Å². The summed E-state index contributed by atoms with van der Waals surface area (Å²) in [5.74, 6) is 0.183. The molecule has 0 radical (unpaired) electrons. The smallest absolute Gasteiger partial charge is 0.188 e. The van der Waals surface area contributed by atoms with Gasteiger partial charge in [-0.1, -0.05) is 11.6 Å². The number of nitrogens with zero attached hydrogens (tertiary/aromatic N) is 1. The van der Waals surface area contributed by atoms with E-state index in [1.807, 2.05) is 19.9 Å². The SMILES string of the molecule is CC(C)=CCOC1OCc2cnc(C)c(O)c21. The van der Waals surface area contributed by atoms with Gasteiger partial charge in [-0.05, 0) is 20.8 Å². The zero-order chi connectivity index (χ0) is 12.4. The summed E-state index contributed by atoms with van der Waals surface area (Å²) in [6.07, 6.45) is 3.23. The summed E-state index contributed by atoms with van der Waals surface area (Å²) >= 11 is 0. The Kier molecular flexibility index (Phi) is 3.45. The lowest BCUT2D eigenvalue weighted by atomic mass is 10.1. The molecule has 4 nitrogen and oxygen atoms in total. The Morgan fingerprint density at radius 2 is 2.41 bits per heavy atom. The normalized spacial score (nSPS) is 17.9. The third-order valence-corrected chi connectivity index (χ3v) is 2.72. The molecule has 4 heteroatoms. The zero-order valence-corrected chi connectivity index (χ0v) is 10.4. The molecule has 1 N–H and O–H groups in total. The maximum Gasteiger partial charge on any atom is 0.188 e. The van der Waals surface area contributed by atoms with Gasteiger partial charge in [-0.15, -0.1) is 0 Å². The van der Waals surface area contributed by atoms with E-state index in [-0.39, 0.29) is 5.75 Å². The Labute approximate surface area is 101 Å². The van der Waals surface area contributed by atoms with Gasteiger partial charge in [0.25, 0.3) is 0 Å². The molecule has 0 fully saturated rings. The van der Waals surface area contributed by atoms with Gasteiger partial charge >= 0.3 is 0 Å². The molecule has 1 aliphatic heterocycles. The van der Waals surface area contributed by atoms with Gasteiger partial charge in [0.05, 0.1) is 24.5 Å². The van der Waals surface area contributed by atoms with Crippen LogP contribution in [0.1, 0.15) is 37.0 Å². The molecule has 1 aromatic rings. The number of ether oxygens (including phenoxy) is 2. The van der Waals surface area contributed by atoms with Crippen LogP contribution >= 0.6 is 0 Å². The van der Waals surface area contributed by atoms with Gasteiger partial charge in [0.15, 0.2) is 6.29 Å². The summed E-state index contributed by atoms with van der Waals surface area (Å²) in [5.41, 5.74) is 3.42. The minimum absolute atomic E-state index is 0.183. The molecule has 2 rings (SSSR count). The quantitative estimate of drug-likeness (QED) is 0.818. The number of aromatic hydroxyl groups is 1. The van der Waals surface area contributed by atoms with Crippen molar-refractivity contribution in [3.63, 3.8) is 0 Å². The molecule has 2 heterocycles. The van der Waals surface area contributed by atoms with Crippen LogP contribution in [0.4, 0.5) is 0 Å². The van der Waals surface area contributed by atoms with Gasteiger partial charge in [-0.3, -0.25) is 4.98 Å². The van der Waals surface area contributed by atoms with Crippen molar-refractivity contribution in [1.29, 1.82) is 0 Å². The van der Waals surface area contributed by atoms with Crippen LogP contribution in [0.25, 0.3) is 0 Å². The van der Waals surface area contributed by atoms with Crippen LogP contribution in [0.5, 0.6) is 5.75 Å². The van der Waals surface area contributed by atoms with Crippen molar-refractivity contribution in [2.24, 2.45) is 0 Å². The third kappa shape index (κ3) is 2.48. The Morgan fingerprint density at radius 1 is 1.65 bits per heavy atom. The van der Waals surface area contributed by atoms with Gasteiger partial charge < -0.3 is 14.6 Å². The average Bonchev–Trinajstić information content (AvgIpc) is 2.67. The molecule has 0 amide bonds. The summed E-state index contributed by atoms with van der Waals surface area (Å²) in [6, 6.07) is 0. The van der Waals surface area contributed by atoms with E-state index < -0.39 is 6.29 Å². The second kappa shape index (κ2) is 4.85. The highest BCUT2D eigenvalue weighted by Crippen LogP contribution is 2.38. The first-order chi connectivity index (χ1) is 8.09. The summed E-state index contributed by atoms with van der Waals surface area (Å²) in [6.45, 7) is 6.71. The Morgan fingerprint density at radius 3 is 3.12 bits per heavy atom. The molecule has 1 unspecified atom stereocenters. The first kappa shape index (κ1) is 12.1. The van der Waals surface area contributed by atoms with Crippen molar-refractivity contribution in [2.45, 2.75) is 33.7 Å². The summed E-state index contributed by atoms with van der Waals surface area (Å²) in [4.78, 5) is 4.10. The molecule has 1 aliphatic rings. The van der Waals surface area contributed by atoms with Crippen molar-refractivity contribution >= 4 is 0 Å². The fourth-order valence-corrected chi connectivity index (χ4v) is 1.71. The molecule has 1 atom stereocenters. The van der Waals surface area contributed by atoms with E-state index in [2.05, 4.69) is 4.98 Å². The Hall–Kier alpha value is -1.39. The number of allylic oxidation sites excluding steroid dienone is 1. The number of fused-ring (bicyclic) bond motifs is 1. The molecule has 0 spiro atoms. The predicted octanol–water partition coefficient (Wildman–Crippen LogP) is 2.61. The van der Waals surface area contributed by atoms with Crippen molar-refractivity contribution in [1.82, 2.24) is 4.98 Å². The Balaban J connectivity index is 2.16. The van der Waals surface area contributed by atoms with Gasteiger partial charge in [0.2, 0.25) is 0 Å². The average molecular weight is 235 g/mol. The molecule has 0 saturated carbocycles. The maximum absolute atomic E-state index is 9.96. The van der Waals surface area contributed by atoms with Gasteiger partial charge in [0.1, 0.15) is 5.75 Å². The standard InChI is InChI=1S/C13H17NO3/c1-8(2)4-5-16-13-11-10(7-17-13)6-14-9(3)12(11)15/h4,6,13,15H,5,7H2,1-3H3.